The highest BCUT2D eigenvalue weighted by Crippen LogP contribution is 2.52. The third-order valence-corrected chi connectivity index (χ3v) is 5.94. The Kier molecular flexibility index (Phi) is 4.59. The Labute approximate surface area is 193 Å². The number of nitrogens with two attached hydrogens (primary N) is 1. The Hall–Kier alpha value is -4.24. The van der Waals surface area contributed by atoms with Gasteiger partial charge in [-0.2, -0.15) is 8.78 Å². The van der Waals surface area contributed by atoms with E-state index in [1.54, 1.807) is 60.9 Å². The number of halogens is 2. The molecule has 0 saturated carbocycles. The molecule has 0 fully saturated rings. The molecule has 0 bridgehead atoms. The highest BCUT2D eigenvalue weighted by Gasteiger charge is 2.46. The number of hydrogen-bond acceptors (Lipinski definition) is 7. The number of fused-ring (bicyclic) bond motifs is 4. The summed E-state index contributed by atoms with van der Waals surface area (Å²) >= 11 is 0. The van der Waals surface area contributed by atoms with E-state index in [9.17, 15) is 4.39 Å². The summed E-state index contributed by atoms with van der Waals surface area (Å²) in [4.78, 5) is 16.7. The van der Waals surface area contributed by atoms with Crippen molar-refractivity contribution in [1.82, 2.24) is 15.0 Å². The Morgan fingerprint density at radius 1 is 0.941 bits per heavy atom. The lowest BCUT2D eigenvalue weighted by Crippen LogP contribution is -2.42. The summed E-state index contributed by atoms with van der Waals surface area (Å²) in [6.07, 6.45) is 4.60. The number of rotatable bonds is 2. The molecule has 4 aromatic rings. The van der Waals surface area contributed by atoms with Crippen LogP contribution in [-0.2, 0) is 10.3 Å². The van der Waals surface area contributed by atoms with Crippen LogP contribution in [0.3, 0.4) is 0 Å². The first-order valence-corrected chi connectivity index (χ1v) is 10.5. The lowest BCUT2D eigenvalue weighted by molar-refractivity contribution is 0.109. The zero-order valence-electron chi connectivity index (χ0n) is 17.7. The maximum atomic E-state index is 15.3. The van der Waals surface area contributed by atoms with Crippen LogP contribution in [0.5, 0.6) is 11.5 Å². The van der Waals surface area contributed by atoms with Crippen molar-refractivity contribution in [3.8, 4) is 33.9 Å². The van der Waals surface area contributed by atoms with Crippen molar-refractivity contribution in [1.29, 1.82) is 0 Å². The first-order chi connectivity index (χ1) is 16.5. The van der Waals surface area contributed by atoms with Crippen molar-refractivity contribution in [2.24, 2.45) is 10.7 Å². The SMILES string of the molecule is NC1=N[C@@]2(COC1)c1cc(-c3cccnc3F)ccc1Oc1c2cc(-c2cccnc2)nc1F. The summed E-state index contributed by atoms with van der Waals surface area (Å²) in [5, 5.41) is 0. The van der Waals surface area contributed by atoms with Crippen molar-refractivity contribution >= 4 is 5.84 Å². The minimum atomic E-state index is -1.21. The molecule has 1 spiro atoms. The quantitative estimate of drug-likeness (QED) is 0.453. The van der Waals surface area contributed by atoms with E-state index in [1.807, 2.05) is 0 Å². The molecule has 2 N–H and O–H groups in total. The van der Waals surface area contributed by atoms with Gasteiger partial charge in [0.15, 0.2) is 5.75 Å². The number of aliphatic imine (C=N–C) groups is 1. The molecule has 2 aliphatic rings. The second-order valence-electron chi connectivity index (χ2n) is 8.03. The molecule has 34 heavy (non-hydrogen) atoms. The molecular weight excluding hydrogens is 440 g/mol. The van der Waals surface area contributed by atoms with Crippen molar-refractivity contribution in [3.05, 3.63) is 90.1 Å². The molecule has 0 amide bonds. The monoisotopic (exact) mass is 457 g/mol. The minimum Gasteiger partial charge on any atom is -0.452 e. The predicted molar refractivity (Wildman–Crippen MR) is 120 cm³/mol. The number of amidine groups is 1. The standard InChI is InChI=1S/C25H17F2N5O2/c26-23-16(4-2-8-30-23)14-5-6-20-17(9-14)25(13-33-12-21(28)32-25)18-10-19(15-3-1-7-29-11-15)31-24(27)22(18)34-20/h1-11H,12-13H2,(H2,28,32)/t25-/m0/s1. The molecule has 0 aliphatic carbocycles. The van der Waals surface area contributed by atoms with Crippen molar-refractivity contribution in [2.75, 3.05) is 13.2 Å². The van der Waals surface area contributed by atoms with Gasteiger partial charge in [0.1, 0.15) is 23.7 Å². The molecule has 0 saturated heterocycles. The fraction of sp³-hybridized carbons (Fsp3) is 0.120. The van der Waals surface area contributed by atoms with Gasteiger partial charge in [0.25, 0.3) is 5.95 Å². The molecule has 2 aliphatic heterocycles. The average molecular weight is 457 g/mol. The maximum absolute atomic E-state index is 15.3. The van der Waals surface area contributed by atoms with Crippen LogP contribution in [0.15, 0.2) is 72.1 Å². The van der Waals surface area contributed by atoms with E-state index in [-0.39, 0.29) is 24.8 Å². The zero-order valence-corrected chi connectivity index (χ0v) is 17.7. The summed E-state index contributed by atoms with van der Waals surface area (Å²) in [6.45, 7) is 0.235. The first-order valence-electron chi connectivity index (χ1n) is 10.5. The van der Waals surface area contributed by atoms with Crippen LogP contribution >= 0.6 is 0 Å². The number of hydrogen-bond donors (Lipinski definition) is 1. The van der Waals surface area contributed by atoms with Gasteiger partial charge in [-0.1, -0.05) is 6.07 Å². The average Bonchev–Trinajstić information content (AvgIpc) is 2.86. The third kappa shape index (κ3) is 3.12. The van der Waals surface area contributed by atoms with Gasteiger partial charge in [0.2, 0.25) is 5.95 Å². The van der Waals surface area contributed by atoms with Crippen molar-refractivity contribution < 1.29 is 18.3 Å². The minimum absolute atomic E-state index is 0.0532. The van der Waals surface area contributed by atoms with E-state index in [0.29, 0.717) is 39.3 Å². The van der Waals surface area contributed by atoms with E-state index < -0.39 is 17.4 Å². The third-order valence-electron chi connectivity index (χ3n) is 5.94. The van der Waals surface area contributed by atoms with Gasteiger partial charge in [-0.15, -0.1) is 0 Å². The van der Waals surface area contributed by atoms with E-state index in [2.05, 4.69) is 15.0 Å². The Morgan fingerprint density at radius 3 is 2.62 bits per heavy atom. The van der Waals surface area contributed by atoms with Gasteiger partial charge in [-0.3, -0.25) is 9.98 Å². The van der Waals surface area contributed by atoms with Crippen LogP contribution in [-0.4, -0.2) is 34.0 Å². The van der Waals surface area contributed by atoms with Gasteiger partial charge < -0.3 is 15.2 Å². The van der Waals surface area contributed by atoms with Gasteiger partial charge in [0, 0.05) is 40.8 Å². The second kappa shape index (κ2) is 7.67. The first kappa shape index (κ1) is 20.4. The zero-order chi connectivity index (χ0) is 23.3. The topological polar surface area (TPSA) is 95.5 Å². The molecule has 3 aromatic heterocycles. The smallest absolute Gasteiger partial charge is 0.256 e. The van der Waals surface area contributed by atoms with Gasteiger partial charge in [-0.25, -0.2) is 9.97 Å². The van der Waals surface area contributed by atoms with E-state index in [1.165, 1.54) is 6.20 Å². The van der Waals surface area contributed by atoms with Crippen LogP contribution in [0.25, 0.3) is 22.4 Å². The molecular formula is C25H17F2N5O2. The summed E-state index contributed by atoms with van der Waals surface area (Å²) in [5.41, 5.74) is 7.77. The largest absolute Gasteiger partial charge is 0.452 e. The molecule has 9 heteroatoms. The normalized spacial score (nSPS) is 18.6. The molecule has 5 heterocycles. The lowest BCUT2D eigenvalue weighted by atomic mass is 9.79. The van der Waals surface area contributed by atoms with Gasteiger partial charge >= 0.3 is 0 Å². The van der Waals surface area contributed by atoms with Crippen LogP contribution in [0.2, 0.25) is 0 Å². The molecule has 7 nitrogen and oxygen atoms in total. The van der Waals surface area contributed by atoms with Crippen LogP contribution in [0.1, 0.15) is 11.1 Å². The molecule has 1 aromatic carbocycles. The highest BCUT2D eigenvalue weighted by atomic mass is 19.1. The van der Waals surface area contributed by atoms with Gasteiger partial charge in [0.05, 0.1) is 12.3 Å². The second-order valence-corrected chi connectivity index (χ2v) is 8.03. The number of pyridine rings is 3. The van der Waals surface area contributed by atoms with Gasteiger partial charge in [-0.05, 0) is 48.0 Å². The Balaban J connectivity index is 1.61. The Morgan fingerprint density at radius 2 is 1.82 bits per heavy atom. The highest BCUT2D eigenvalue weighted by molar-refractivity contribution is 5.84. The molecule has 6 rings (SSSR count). The van der Waals surface area contributed by atoms with Crippen LogP contribution < -0.4 is 10.5 Å². The predicted octanol–water partition coefficient (Wildman–Crippen LogP) is 4.22. The summed E-state index contributed by atoms with van der Waals surface area (Å²) in [5.74, 6) is -0.836. The number of nitrogens with zero attached hydrogens (tertiary/aromatic N) is 4. The number of aromatic nitrogens is 3. The molecule has 0 radical (unpaired) electrons. The van der Waals surface area contributed by atoms with E-state index in [4.69, 9.17) is 20.2 Å². The fourth-order valence-electron chi connectivity index (χ4n) is 4.42. The molecule has 0 unspecified atom stereocenters. The summed E-state index contributed by atoms with van der Waals surface area (Å²) in [6, 6.07) is 13.6. The Bertz CT molecular complexity index is 1460. The summed E-state index contributed by atoms with van der Waals surface area (Å²) < 4.78 is 41.5. The van der Waals surface area contributed by atoms with Crippen LogP contribution in [0.4, 0.5) is 8.78 Å². The summed E-state index contributed by atoms with van der Waals surface area (Å²) in [7, 11) is 0. The fourth-order valence-corrected chi connectivity index (χ4v) is 4.42. The van der Waals surface area contributed by atoms with Crippen molar-refractivity contribution in [2.45, 2.75) is 5.54 Å². The number of benzene rings is 1. The number of ether oxygens (including phenoxy) is 2. The van der Waals surface area contributed by atoms with E-state index in [0.717, 1.165) is 0 Å². The lowest BCUT2D eigenvalue weighted by Gasteiger charge is -2.39. The van der Waals surface area contributed by atoms with Crippen molar-refractivity contribution in [3.63, 3.8) is 0 Å². The molecule has 168 valence electrons. The van der Waals surface area contributed by atoms with E-state index >= 15 is 4.39 Å². The van der Waals surface area contributed by atoms with Crippen LogP contribution in [0, 0.1) is 11.9 Å². The maximum Gasteiger partial charge on any atom is 0.256 e. The molecule has 1 atom stereocenters.